The van der Waals surface area contributed by atoms with Crippen molar-refractivity contribution in [3.05, 3.63) is 36.0 Å². The van der Waals surface area contributed by atoms with Crippen LogP contribution in [0, 0.1) is 6.92 Å². The molecule has 8 heteroatoms. The summed E-state index contributed by atoms with van der Waals surface area (Å²) in [6.45, 7) is 2.95. The van der Waals surface area contributed by atoms with E-state index < -0.39 is 5.54 Å². The molecule has 2 aromatic rings. The maximum atomic E-state index is 12.3. The normalized spacial score (nSPS) is 16.6. The summed E-state index contributed by atoms with van der Waals surface area (Å²) in [7, 11) is 0. The number of nitrogens with two attached hydrogens (primary N) is 1. The van der Waals surface area contributed by atoms with Crippen molar-refractivity contribution in [3.63, 3.8) is 0 Å². The van der Waals surface area contributed by atoms with Gasteiger partial charge < -0.3 is 25.0 Å². The Labute approximate surface area is 139 Å². The number of carbonyl (C=O) groups excluding carboxylic acids is 1. The van der Waals surface area contributed by atoms with Gasteiger partial charge in [0.05, 0.1) is 0 Å². The molecule has 0 saturated carbocycles. The maximum absolute atomic E-state index is 12.3. The van der Waals surface area contributed by atoms with E-state index in [-0.39, 0.29) is 12.5 Å². The third-order valence-corrected chi connectivity index (χ3v) is 3.89. The van der Waals surface area contributed by atoms with E-state index >= 15 is 0 Å². The van der Waals surface area contributed by atoms with Crippen LogP contribution in [0.3, 0.4) is 0 Å². The lowest BCUT2D eigenvalue weighted by Gasteiger charge is -2.31. The SMILES string of the molecule is Cc1nc(COc2ccc(NC(=O)C3(N)CCOCC3)cc2)no1. The van der Waals surface area contributed by atoms with Crippen LogP contribution in [0.4, 0.5) is 5.69 Å². The summed E-state index contributed by atoms with van der Waals surface area (Å²) in [5.41, 5.74) is 5.95. The predicted octanol–water partition coefficient (Wildman–Crippen LogP) is 1.40. The first-order chi connectivity index (χ1) is 11.5. The number of hydrogen-bond acceptors (Lipinski definition) is 7. The van der Waals surface area contributed by atoms with E-state index in [1.807, 2.05) is 0 Å². The van der Waals surface area contributed by atoms with Gasteiger partial charge in [0.25, 0.3) is 0 Å². The molecule has 3 N–H and O–H groups in total. The minimum absolute atomic E-state index is 0.193. The summed E-state index contributed by atoms with van der Waals surface area (Å²) in [5, 5.41) is 6.60. The van der Waals surface area contributed by atoms with Gasteiger partial charge in [-0.1, -0.05) is 5.16 Å². The quantitative estimate of drug-likeness (QED) is 0.851. The fourth-order valence-electron chi connectivity index (χ4n) is 2.40. The van der Waals surface area contributed by atoms with Gasteiger partial charge in [0.15, 0.2) is 6.61 Å². The van der Waals surface area contributed by atoms with Gasteiger partial charge in [-0.3, -0.25) is 4.79 Å². The zero-order valence-corrected chi connectivity index (χ0v) is 13.4. The molecular weight excluding hydrogens is 312 g/mol. The Morgan fingerprint density at radius 3 is 2.67 bits per heavy atom. The van der Waals surface area contributed by atoms with Crippen LogP contribution in [0.1, 0.15) is 24.6 Å². The van der Waals surface area contributed by atoms with Gasteiger partial charge in [0, 0.05) is 25.8 Å². The Morgan fingerprint density at radius 1 is 1.33 bits per heavy atom. The molecule has 1 aliphatic heterocycles. The molecule has 8 nitrogen and oxygen atoms in total. The number of carbonyl (C=O) groups is 1. The predicted molar refractivity (Wildman–Crippen MR) is 85.4 cm³/mol. The molecule has 1 saturated heterocycles. The molecule has 1 amide bonds. The fourth-order valence-corrected chi connectivity index (χ4v) is 2.40. The Morgan fingerprint density at radius 2 is 2.04 bits per heavy atom. The zero-order valence-electron chi connectivity index (χ0n) is 13.4. The summed E-state index contributed by atoms with van der Waals surface area (Å²) in [5.74, 6) is 1.43. The number of anilines is 1. The van der Waals surface area contributed by atoms with Crippen molar-refractivity contribution in [1.29, 1.82) is 0 Å². The molecule has 2 heterocycles. The molecule has 1 aromatic heterocycles. The molecule has 0 bridgehead atoms. The number of nitrogens with one attached hydrogen (secondary N) is 1. The Kier molecular flexibility index (Phi) is 4.77. The largest absolute Gasteiger partial charge is 0.485 e. The highest BCUT2D eigenvalue weighted by atomic mass is 16.5. The lowest BCUT2D eigenvalue weighted by atomic mass is 9.90. The summed E-state index contributed by atoms with van der Waals surface area (Å²) >= 11 is 0. The van der Waals surface area contributed by atoms with Crippen molar-refractivity contribution in [2.75, 3.05) is 18.5 Å². The van der Waals surface area contributed by atoms with E-state index in [9.17, 15) is 4.79 Å². The summed E-state index contributed by atoms with van der Waals surface area (Å²) < 4.78 is 15.7. The van der Waals surface area contributed by atoms with Gasteiger partial charge in [0.1, 0.15) is 11.3 Å². The second-order valence-corrected chi connectivity index (χ2v) is 5.77. The number of aryl methyl sites for hydroxylation is 1. The average Bonchev–Trinajstić information content (AvgIpc) is 3.00. The Bertz CT molecular complexity index is 692. The van der Waals surface area contributed by atoms with E-state index in [0.29, 0.717) is 49.2 Å². The first kappa shape index (κ1) is 16.4. The van der Waals surface area contributed by atoms with Crippen molar-refractivity contribution in [1.82, 2.24) is 10.1 Å². The minimum Gasteiger partial charge on any atom is -0.485 e. The van der Waals surface area contributed by atoms with Gasteiger partial charge in [-0.2, -0.15) is 4.98 Å². The van der Waals surface area contributed by atoms with Gasteiger partial charge in [-0.15, -0.1) is 0 Å². The Hall–Kier alpha value is -2.45. The molecule has 0 atom stereocenters. The number of benzene rings is 1. The molecule has 1 fully saturated rings. The molecular formula is C16H20N4O4. The van der Waals surface area contributed by atoms with E-state index in [1.165, 1.54) is 0 Å². The standard InChI is InChI=1S/C16H20N4O4/c1-11-18-14(20-24-11)10-23-13-4-2-12(3-5-13)19-15(21)16(17)6-8-22-9-7-16/h2-5H,6-10,17H2,1H3,(H,19,21). The van der Waals surface area contributed by atoms with Gasteiger partial charge in [-0.25, -0.2) is 0 Å². The number of aromatic nitrogens is 2. The minimum atomic E-state index is -0.871. The molecule has 1 aromatic carbocycles. The molecule has 128 valence electrons. The van der Waals surface area contributed by atoms with Crippen molar-refractivity contribution in [2.24, 2.45) is 5.73 Å². The third-order valence-electron chi connectivity index (χ3n) is 3.89. The van der Waals surface area contributed by atoms with Crippen LogP contribution >= 0.6 is 0 Å². The number of amides is 1. The molecule has 1 aliphatic rings. The molecule has 0 aliphatic carbocycles. The molecule has 24 heavy (non-hydrogen) atoms. The average molecular weight is 332 g/mol. The lowest BCUT2D eigenvalue weighted by molar-refractivity contribution is -0.124. The van der Waals surface area contributed by atoms with Crippen LogP contribution in [-0.2, 0) is 16.1 Å². The smallest absolute Gasteiger partial charge is 0.244 e. The number of rotatable bonds is 5. The van der Waals surface area contributed by atoms with Gasteiger partial charge in [0.2, 0.25) is 17.6 Å². The number of hydrogen-bond donors (Lipinski definition) is 2. The van der Waals surface area contributed by atoms with E-state index in [2.05, 4.69) is 15.5 Å². The van der Waals surface area contributed by atoms with Crippen LogP contribution in [0.5, 0.6) is 5.75 Å². The molecule has 3 rings (SSSR count). The first-order valence-corrected chi connectivity index (χ1v) is 7.75. The van der Waals surface area contributed by atoms with Gasteiger partial charge in [-0.05, 0) is 37.1 Å². The van der Waals surface area contributed by atoms with Crippen molar-refractivity contribution in [2.45, 2.75) is 31.9 Å². The first-order valence-electron chi connectivity index (χ1n) is 7.75. The van der Waals surface area contributed by atoms with Crippen LogP contribution in [0.25, 0.3) is 0 Å². The summed E-state index contributed by atoms with van der Waals surface area (Å²) in [6, 6.07) is 7.04. The van der Waals surface area contributed by atoms with E-state index in [1.54, 1.807) is 31.2 Å². The highest BCUT2D eigenvalue weighted by Gasteiger charge is 2.35. The van der Waals surface area contributed by atoms with Crippen molar-refractivity contribution in [3.8, 4) is 5.75 Å². The topological polar surface area (TPSA) is 112 Å². The van der Waals surface area contributed by atoms with Crippen molar-refractivity contribution >= 4 is 11.6 Å². The monoisotopic (exact) mass is 332 g/mol. The number of nitrogens with zero attached hydrogens (tertiary/aromatic N) is 2. The highest BCUT2D eigenvalue weighted by Crippen LogP contribution is 2.22. The highest BCUT2D eigenvalue weighted by molar-refractivity contribution is 5.98. The molecule has 0 unspecified atom stereocenters. The van der Waals surface area contributed by atoms with Crippen LogP contribution in [0.15, 0.2) is 28.8 Å². The van der Waals surface area contributed by atoms with Crippen LogP contribution < -0.4 is 15.8 Å². The third kappa shape index (κ3) is 3.90. The van der Waals surface area contributed by atoms with Crippen LogP contribution in [-0.4, -0.2) is 34.8 Å². The number of ether oxygens (including phenoxy) is 2. The lowest BCUT2D eigenvalue weighted by Crippen LogP contribution is -2.54. The zero-order chi connectivity index (χ0) is 17.0. The molecule has 0 radical (unpaired) electrons. The van der Waals surface area contributed by atoms with Crippen molar-refractivity contribution < 1.29 is 18.8 Å². The van der Waals surface area contributed by atoms with E-state index in [4.69, 9.17) is 19.7 Å². The second kappa shape index (κ2) is 6.98. The van der Waals surface area contributed by atoms with E-state index in [0.717, 1.165) is 0 Å². The molecule has 0 spiro atoms. The van der Waals surface area contributed by atoms with Crippen LogP contribution in [0.2, 0.25) is 0 Å². The Balaban J connectivity index is 1.55. The maximum Gasteiger partial charge on any atom is 0.244 e. The summed E-state index contributed by atoms with van der Waals surface area (Å²) in [6.07, 6.45) is 1.04. The fraction of sp³-hybridized carbons (Fsp3) is 0.438. The second-order valence-electron chi connectivity index (χ2n) is 5.77. The van der Waals surface area contributed by atoms with Gasteiger partial charge >= 0.3 is 0 Å². The summed E-state index contributed by atoms with van der Waals surface area (Å²) in [4.78, 5) is 16.4.